The lowest BCUT2D eigenvalue weighted by Gasteiger charge is -2.32. The van der Waals surface area contributed by atoms with Crippen molar-refractivity contribution in [3.05, 3.63) is 59.2 Å². The summed E-state index contributed by atoms with van der Waals surface area (Å²) in [5, 5.41) is 5.64. The van der Waals surface area contributed by atoms with Gasteiger partial charge in [-0.3, -0.25) is 9.59 Å². The summed E-state index contributed by atoms with van der Waals surface area (Å²) in [6.07, 6.45) is 1.65. The molecule has 0 radical (unpaired) electrons. The van der Waals surface area contributed by atoms with E-state index in [-0.39, 0.29) is 11.8 Å². The predicted octanol–water partition coefficient (Wildman–Crippen LogP) is 5.10. The Bertz CT molecular complexity index is 1080. The maximum atomic E-state index is 13.8. The zero-order chi connectivity index (χ0) is 27.8. The second kappa shape index (κ2) is 13.4. The number of hydrogen-bond acceptors (Lipinski definition) is 6. The van der Waals surface area contributed by atoms with Gasteiger partial charge < -0.3 is 25.0 Å². The normalized spacial score (nSPS) is 12.8. The van der Waals surface area contributed by atoms with Crippen LogP contribution in [-0.2, 0) is 14.3 Å². The molecule has 0 saturated heterocycles. The highest BCUT2D eigenvalue weighted by Gasteiger charge is 2.34. The molecule has 0 aliphatic heterocycles. The Kier molecular flexibility index (Phi) is 10.9. The smallest absolute Gasteiger partial charge is 0.408 e. The maximum absolute atomic E-state index is 13.8. The van der Waals surface area contributed by atoms with Crippen molar-refractivity contribution >= 4 is 35.4 Å². The van der Waals surface area contributed by atoms with Crippen LogP contribution in [0.3, 0.4) is 0 Å². The van der Waals surface area contributed by atoms with E-state index in [0.717, 1.165) is 11.1 Å². The van der Waals surface area contributed by atoms with Crippen LogP contribution in [0.15, 0.2) is 42.5 Å². The minimum atomic E-state index is -0.924. The summed E-state index contributed by atoms with van der Waals surface area (Å²) < 4.78 is 10.6. The van der Waals surface area contributed by atoms with Crippen molar-refractivity contribution in [2.75, 3.05) is 31.5 Å². The summed E-state index contributed by atoms with van der Waals surface area (Å²) in [4.78, 5) is 41.4. The SMILES string of the molecule is COc1ccc(NC(=O)C(c2cc(C)ccc2C)N(C)C(=O)C(CCSC)NC(=O)OC(C)(C)C)cc1. The number of likely N-dealkylation sites (N-methyl/N-ethyl adjacent to an activating group) is 1. The topological polar surface area (TPSA) is 97.0 Å². The number of ether oxygens (including phenoxy) is 2. The van der Waals surface area contributed by atoms with E-state index in [0.29, 0.717) is 29.2 Å². The molecule has 0 heterocycles. The van der Waals surface area contributed by atoms with Gasteiger partial charge >= 0.3 is 6.09 Å². The third-order valence-electron chi connectivity index (χ3n) is 5.67. The highest BCUT2D eigenvalue weighted by molar-refractivity contribution is 7.98. The average Bonchev–Trinajstić information content (AvgIpc) is 2.82. The molecular weight excluding hydrogens is 490 g/mol. The van der Waals surface area contributed by atoms with Gasteiger partial charge in [0, 0.05) is 12.7 Å². The Morgan fingerprint density at radius 3 is 2.27 bits per heavy atom. The first-order valence-corrected chi connectivity index (χ1v) is 13.5. The minimum absolute atomic E-state index is 0.365. The predicted molar refractivity (Wildman–Crippen MR) is 149 cm³/mol. The van der Waals surface area contributed by atoms with Crippen LogP contribution < -0.4 is 15.4 Å². The number of rotatable bonds is 10. The largest absolute Gasteiger partial charge is 0.497 e. The molecule has 2 unspecified atom stereocenters. The fourth-order valence-corrected chi connectivity index (χ4v) is 4.25. The van der Waals surface area contributed by atoms with Gasteiger partial charge in [-0.25, -0.2) is 4.79 Å². The number of nitrogens with one attached hydrogen (secondary N) is 2. The van der Waals surface area contributed by atoms with Crippen LogP contribution in [0.5, 0.6) is 5.75 Å². The molecule has 2 N–H and O–H groups in total. The van der Waals surface area contributed by atoms with Crippen molar-refractivity contribution in [1.82, 2.24) is 10.2 Å². The number of hydrogen-bond donors (Lipinski definition) is 2. The first-order chi connectivity index (χ1) is 17.4. The fraction of sp³-hybridized carbons (Fsp3) is 0.464. The Morgan fingerprint density at radius 1 is 1.05 bits per heavy atom. The number of amides is 3. The Labute approximate surface area is 224 Å². The molecule has 2 aromatic carbocycles. The van der Waals surface area contributed by atoms with E-state index >= 15 is 0 Å². The third kappa shape index (κ3) is 9.00. The molecular formula is C28H39N3O5S. The number of anilines is 1. The summed E-state index contributed by atoms with van der Waals surface area (Å²) in [6, 6.07) is 11.0. The lowest BCUT2D eigenvalue weighted by atomic mass is 9.96. The standard InChI is InChI=1S/C28H39N3O5S/c1-18-9-10-19(2)22(17-18)24(25(32)29-20-11-13-21(35-7)14-12-20)31(6)26(33)23(15-16-37-8)30-27(34)36-28(3,4)5/h9-14,17,23-24H,15-16H2,1-8H3,(H,29,32)(H,30,34). The van der Waals surface area contributed by atoms with Gasteiger partial charge in [0.2, 0.25) is 5.91 Å². The zero-order valence-electron chi connectivity index (χ0n) is 23.0. The van der Waals surface area contributed by atoms with E-state index in [1.54, 1.807) is 71.0 Å². The number of benzene rings is 2. The van der Waals surface area contributed by atoms with Gasteiger partial charge in [-0.05, 0) is 88.4 Å². The first kappa shape index (κ1) is 30.0. The monoisotopic (exact) mass is 529 g/mol. The summed E-state index contributed by atoms with van der Waals surface area (Å²) in [5.74, 6) is 0.569. The molecule has 2 atom stereocenters. The number of carbonyl (C=O) groups is 3. The summed E-state index contributed by atoms with van der Waals surface area (Å²) in [7, 11) is 3.16. The Balaban J connectivity index is 2.41. The molecule has 2 aromatic rings. The average molecular weight is 530 g/mol. The van der Waals surface area contributed by atoms with Crippen molar-refractivity contribution in [2.24, 2.45) is 0 Å². The lowest BCUT2D eigenvalue weighted by molar-refractivity contribution is -0.139. The third-order valence-corrected chi connectivity index (χ3v) is 6.31. The van der Waals surface area contributed by atoms with Crippen LogP contribution >= 0.6 is 11.8 Å². The van der Waals surface area contributed by atoms with Crippen molar-refractivity contribution in [3.8, 4) is 5.75 Å². The summed E-state index contributed by atoms with van der Waals surface area (Å²) >= 11 is 1.57. The van der Waals surface area contributed by atoms with Gasteiger partial charge in [-0.15, -0.1) is 0 Å². The second-order valence-electron chi connectivity index (χ2n) is 9.91. The molecule has 2 rings (SSSR count). The molecule has 0 fully saturated rings. The molecule has 0 saturated carbocycles. The van der Waals surface area contributed by atoms with Crippen LogP contribution in [-0.4, -0.2) is 60.6 Å². The summed E-state index contributed by atoms with van der Waals surface area (Å²) in [6.45, 7) is 9.13. The maximum Gasteiger partial charge on any atom is 0.408 e. The van der Waals surface area contributed by atoms with E-state index < -0.39 is 23.8 Å². The fourth-order valence-electron chi connectivity index (χ4n) is 3.78. The number of carbonyl (C=O) groups excluding carboxylic acids is 3. The first-order valence-electron chi connectivity index (χ1n) is 12.1. The molecule has 3 amide bonds. The molecule has 0 aliphatic rings. The van der Waals surface area contributed by atoms with Gasteiger partial charge in [0.05, 0.1) is 7.11 Å². The van der Waals surface area contributed by atoms with Crippen molar-refractivity contribution in [2.45, 2.75) is 58.7 Å². The second-order valence-corrected chi connectivity index (χ2v) is 10.9. The number of aryl methyl sites for hydroxylation is 2. The molecule has 0 bridgehead atoms. The van der Waals surface area contributed by atoms with Crippen molar-refractivity contribution in [3.63, 3.8) is 0 Å². The van der Waals surface area contributed by atoms with Crippen LogP contribution in [0.4, 0.5) is 10.5 Å². The van der Waals surface area contributed by atoms with Gasteiger partial charge in [-0.1, -0.05) is 23.8 Å². The number of thioether (sulfide) groups is 1. The number of nitrogens with zero attached hydrogens (tertiary/aromatic N) is 1. The zero-order valence-corrected chi connectivity index (χ0v) is 23.8. The van der Waals surface area contributed by atoms with Crippen LogP contribution in [0, 0.1) is 13.8 Å². The van der Waals surface area contributed by atoms with Crippen LogP contribution in [0.1, 0.15) is 49.9 Å². The lowest BCUT2D eigenvalue weighted by Crippen LogP contribution is -2.51. The van der Waals surface area contributed by atoms with Crippen molar-refractivity contribution < 1.29 is 23.9 Å². The van der Waals surface area contributed by atoms with Gasteiger partial charge in [0.15, 0.2) is 0 Å². The molecule has 37 heavy (non-hydrogen) atoms. The van der Waals surface area contributed by atoms with Crippen LogP contribution in [0.25, 0.3) is 0 Å². The molecule has 0 aliphatic carbocycles. The summed E-state index contributed by atoms with van der Waals surface area (Å²) in [5.41, 5.74) is 2.42. The molecule has 202 valence electrons. The van der Waals surface area contributed by atoms with Crippen molar-refractivity contribution in [1.29, 1.82) is 0 Å². The molecule has 8 nitrogen and oxygen atoms in total. The highest BCUT2D eigenvalue weighted by atomic mass is 32.2. The van der Waals surface area contributed by atoms with E-state index in [1.165, 1.54) is 4.90 Å². The Hall–Kier alpha value is -3.20. The van der Waals surface area contributed by atoms with E-state index in [4.69, 9.17) is 9.47 Å². The minimum Gasteiger partial charge on any atom is -0.497 e. The Morgan fingerprint density at radius 2 is 1.70 bits per heavy atom. The van der Waals surface area contributed by atoms with Gasteiger partial charge in [0.25, 0.3) is 5.91 Å². The number of alkyl carbamates (subject to hydrolysis) is 1. The quantitative estimate of drug-likeness (QED) is 0.445. The molecule has 0 spiro atoms. The highest BCUT2D eigenvalue weighted by Crippen LogP contribution is 2.27. The van der Waals surface area contributed by atoms with Gasteiger partial charge in [0.1, 0.15) is 23.4 Å². The number of methoxy groups -OCH3 is 1. The van der Waals surface area contributed by atoms with E-state index in [2.05, 4.69) is 10.6 Å². The van der Waals surface area contributed by atoms with E-state index in [9.17, 15) is 14.4 Å². The van der Waals surface area contributed by atoms with E-state index in [1.807, 2.05) is 38.3 Å². The van der Waals surface area contributed by atoms with Crippen LogP contribution in [0.2, 0.25) is 0 Å². The van der Waals surface area contributed by atoms with Gasteiger partial charge in [-0.2, -0.15) is 11.8 Å². The molecule has 9 heteroatoms. The molecule has 0 aromatic heterocycles.